The van der Waals surface area contributed by atoms with E-state index in [1.807, 2.05) is 91.9 Å². The van der Waals surface area contributed by atoms with E-state index in [0.29, 0.717) is 11.4 Å². The van der Waals surface area contributed by atoms with Gasteiger partial charge in [-0.3, -0.25) is 8.63 Å². The average molecular weight is 500 g/mol. The lowest BCUT2D eigenvalue weighted by atomic mass is 9.85. The van der Waals surface area contributed by atoms with E-state index in [2.05, 4.69) is 37.3 Å². The van der Waals surface area contributed by atoms with Gasteiger partial charge in [0.05, 0.1) is 17.5 Å². The van der Waals surface area contributed by atoms with E-state index < -0.39 is 13.4 Å². The Balaban J connectivity index is 1.50. The van der Waals surface area contributed by atoms with E-state index >= 15 is 0 Å². The van der Waals surface area contributed by atoms with Crippen molar-refractivity contribution in [3.63, 3.8) is 0 Å². The number of hydrogen-bond acceptors (Lipinski definition) is 2. The lowest BCUT2D eigenvalue weighted by molar-refractivity contribution is 0.342. The molecule has 0 spiro atoms. The number of aryl methyl sites for hydroxylation is 2. The van der Waals surface area contributed by atoms with Crippen molar-refractivity contribution in [2.75, 3.05) is 0 Å². The molecule has 38 heavy (non-hydrogen) atoms. The van der Waals surface area contributed by atoms with Gasteiger partial charge in [0.2, 0.25) is 0 Å². The number of benzene rings is 3. The van der Waals surface area contributed by atoms with Crippen molar-refractivity contribution in [1.82, 2.24) is 4.81 Å². The summed E-state index contributed by atoms with van der Waals surface area (Å²) in [4.78, 5) is 6.24. The summed E-state index contributed by atoms with van der Waals surface area (Å²) in [6.07, 6.45) is 11.8. The Bertz CT molecular complexity index is 1540. The van der Waals surface area contributed by atoms with E-state index in [0.717, 1.165) is 44.7 Å². The maximum atomic E-state index is 14.9. The fraction of sp³-hybridized carbons (Fsp3) is 0.121. The number of rotatable bonds is 5. The smallest absolute Gasteiger partial charge is 0.348 e. The molecule has 0 amide bonds. The number of aliphatic imine (C=N–C) groups is 1. The van der Waals surface area contributed by atoms with Gasteiger partial charge in [-0.05, 0) is 42.7 Å². The van der Waals surface area contributed by atoms with Gasteiger partial charge in [-0.1, -0.05) is 114 Å². The highest BCUT2D eigenvalue weighted by Gasteiger charge is 2.45. The lowest BCUT2D eigenvalue weighted by Gasteiger charge is -2.30. The van der Waals surface area contributed by atoms with Crippen LogP contribution in [0.5, 0.6) is 0 Å². The van der Waals surface area contributed by atoms with Gasteiger partial charge in [0.15, 0.2) is 0 Å². The molecular formula is C33H27BF2N2. The third-order valence-electron chi connectivity index (χ3n) is 7.41. The average Bonchev–Trinajstić information content (AvgIpc) is 3.50. The van der Waals surface area contributed by atoms with E-state index in [1.165, 1.54) is 4.81 Å². The number of nitrogens with zero attached hydrogens (tertiary/aromatic N) is 2. The second-order valence-corrected chi connectivity index (χ2v) is 9.97. The molecule has 2 aliphatic heterocycles. The van der Waals surface area contributed by atoms with Crippen LogP contribution in [0, 0.1) is 19.8 Å². The van der Waals surface area contributed by atoms with E-state index in [9.17, 15) is 8.63 Å². The van der Waals surface area contributed by atoms with Crippen molar-refractivity contribution in [1.29, 1.82) is 0 Å². The zero-order valence-electron chi connectivity index (χ0n) is 21.4. The zero-order chi connectivity index (χ0) is 26.2. The zero-order valence-corrected chi connectivity index (χ0v) is 21.4. The number of allylic oxidation sites excluding steroid dienone is 6. The summed E-state index contributed by atoms with van der Waals surface area (Å²) in [6, 6.07) is 25.7. The maximum absolute atomic E-state index is 14.9. The van der Waals surface area contributed by atoms with Crippen LogP contribution in [0.1, 0.15) is 33.9 Å². The first-order valence-electron chi connectivity index (χ1n) is 12.9. The van der Waals surface area contributed by atoms with E-state index in [1.54, 1.807) is 0 Å². The van der Waals surface area contributed by atoms with Crippen LogP contribution in [0.3, 0.4) is 0 Å². The highest BCUT2D eigenvalue weighted by atomic mass is 19.2. The van der Waals surface area contributed by atoms with Gasteiger partial charge in [-0.2, -0.15) is 0 Å². The third-order valence-corrected chi connectivity index (χ3v) is 7.41. The molecule has 2 nitrogen and oxygen atoms in total. The van der Waals surface area contributed by atoms with Crippen molar-refractivity contribution < 1.29 is 8.63 Å². The highest BCUT2D eigenvalue weighted by Crippen LogP contribution is 2.48. The predicted octanol–water partition coefficient (Wildman–Crippen LogP) is 8.05. The molecule has 0 fully saturated rings. The normalized spacial score (nSPS) is 21.2. The Hall–Kier alpha value is -4.25. The van der Waals surface area contributed by atoms with Crippen molar-refractivity contribution >= 4 is 18.7 Å². The van der Waals surface area contributed by atoms with E-state index in [-0.39, 0.29) is 5.92 Å². The third kappa shape index (κ3) is 4.39. The molecule has 0 N–H and O–H groups in total. The Morgan fingerprint density at radius 2 is 1.50 bits per heavy atom. The van der Waals surface area contributed by atoms with Gasteiger partial charge >= 0.3 is 7.40 Å². The van der Waals surface area contributed by atoms with Gasteiger partial charge < -0.3 is 4.81 Å². The molecule has 1 aliphatic carbocycles. The maximum Gasteiger partial charge on any atom is 0.673 e. The largest absolute Gasteiger partial charge is 0.673 e. The van der Waals surface area contributed by atoms with Crippen LogP contribution >= 0.6 is 0 Å². The molecule has 0 radical (unpaired) electrons. The monoisotopic (exact) mass is 500 g/mol. The Morgan fingerprint density at radius 1 is 0.816 bits per heavy atom. The molecular weight excluding hydrogens is 473 g/mol. The molecule has 2 heterocycles. The Morgan fingerprint density at radius 3 is 2.18 bits per heavy atom. The standard InChI is InChI=1S/C33H27BF2N2/c1-22-12-16-24(17-13-22)29-20-30(25-8-4-3-5-9-25)37-31(29)21-32-27-10-6-7-11-28(27)33(38(32)34(35)36)26-18-14-23(2)15-19-26/h3-21,28,33H,1-2H3/b31-21-. The number of halogens is 2. The van der Waals surface area contributed by atoms with Crippen molar-refractivity contribution in [2.24, 2.45) is 10.9 Å². The molecule has 0 bridgehead atoms. The summed E-state index contributed by atoms with van der Waals surface area (Å²) in [5, 5.41) is 0. The van der Waals surface area contributed by atoms with Gasteiger partial charge in [-0.15, -0.1) is 0 Å². The summed E-state index contributed by atoms with van der Waals surface area (Å²) >= 11 is 0. The van der Waals surface area contributed by atoms with Crippen LogP contribution in [-0.2, 0) is 0 Å². The van der Waals surface area contributed by atoms with Crippen LogP contribution in [0.25, 0.3) is 5.57 Å². The van der Waals surface area contributed by atoms with Crippen molar-refractivity contribution in [3.8, 4) is 0 Å². The first-order chi connectivity index (χ1) is 18.5. The lowest BCUT2D eigenvalue weighted by Crippen LogP contribution is -2.34. The van der Waals surface area contributed by atoms with Crippen LogP contribution in [0.4, 0.5) is 8.63 Å². The molecule has 2 unspecified atom stereocenters. The second kappa shape index (κ2) is 9.90. The van der Waals surface area contributed by atoms with Gasteiger partial charge in [-0.25, -0.2) is 4.99 Å². The summed E-state index contributed by atoms with van der Waals surface area (Å²) < 4.78 is 29.8. The molecule has 3 aromatic carbocycles. The summed E-state index contributed by atoms with van der Waals surface area (Å²) in [5.41, 5.74) is 8.98. The number of hydrogen-bond donors (Lipinski definition) is 0. The van der Waals surface area contributed by atoms with Crippen LogP contribution in [0.15, 0.2) is 137 Å². The van der Waals surface area contributed by atoms with Gasteiger partial charge in [0, 0.05) is 22.8 Å². The fourth-order valence-electron chi connectivity index (χ4n) is 5.47. The SMILES string of the molecule is Cc1ccc(C2=CC(c3ccccc3)=N/C2=C\C2=C3C=CC=CC3C(c3ccc(C)cc3)N2B(F)F)cc1. The molecule has 0 aromatic heterocycles. The molecule has 0 saturated heterocycles. The van der Waals surface area contributed by atoms with Crippen LogP contribution in [0.2, 0.25) is 0 Å². The fourth-order valence-corrected chi connectivity index (χ4v) is 5.47. The first kappa shape index (κ1) is 24.1. The minimum Gasteiger partial charge on any atom is -0.348 e. The summed E-state index contributed by atoms with van der Waals surface area (Å²) in [7, 11) is -2.67. The minimum atomic E-state index is -2.67. The molecule has 6 rings (SSSR count). The quantitative estimate of drug-likeness (QED) is 0.324. The molecule has 5 heteroatoms. The molecule has 3 aliphatic rings. The molecule has 0 saturated carbocycles. The number of fused-ring (bicyclic) bond motifs is 1. The molecule has 2 atom stereocenters. The van der Waals surface area contributed by atoms with Crippen molar-refractivity contribution in [2.45, 2.75) is 19.9 Å². The summed E-state index contributed by atoms with van der Waals surface area (Å²) in [6.45, 7) is 4.06. The first-order valence-corrected chi connectivity index (χ1v) is 12.9. The Kier molecular flexibility index (Phi) is 6.28. The minimum absolute atomic E-state index is 0.172. The molecule has 186 valence electrons. The second-order valence-electron chi connectivity index (χ2n) is 9.97. The van der Waals surface area contributed by atoms with Gasteiger partial charge in [0.25, 0.3) is 0 Å². The van der Waals surface area contributed by atoms with Crippen LogP contribution < -0.4 is 0 Å². The van der Waals surface area contributed by atoms with Crippen molar-refractivity contribution in [3.05, 3.63) is 160 Å². The van der Waals surface area contributed by atoms with Crippen LogP contribution in [-0.4, -0.2) is 17.9 Å². The van der Waals surface area contributed by atoms with Gasteiger partial charge in [0.1, 0.15) is 0 Å². The highest BCUT2D eigenvalue weighted by molar-refractivity contribution is 6.40. The Labute approximate surface area is 222 Å². The topological polar surface area (TPSA) is 15.6 Å². The molecule has 3 aromatic rings. The predicted molar refractivity (Wildman–Crippen MR) is 153 cm³/mol. The van der Waals surface area contributed by atoms with E-state index in [4.69, 9.17) is 4.99 Å². The summed E-state index contributed by atoms with van der Waals surface area (Å²) in [5.74, 6) is -0.172.